The molecule has 4 rings (SSSR count). The summed E-state index contributed by atoms with van der Waals surface area (Å²) in [5.41, 5.74) is 10.3. The van der Waals surface area contributed by atoms with E-state index < -0.39 is 29.6 Å². The lowest BCUT2D eigenvalue weighted by molar-refractivity contribution is -0.114. The summed E-state index contributed by atoms with van der Waals surface area (Å²) in [6.07, 6.45) is 0.527. The van der Waals surface area contributed by atoms with Crippen LogP contribution < -0.4 is 11.1 Å². The summed E-state index contributed by atoms with van der Waals surface area (Å²) in [6, 6.07) is 9.86. The summed E-state index contributed by atoms with van der Waals surface area (Å²) in [5.74, 6) is -2.00. The highest BCUT2D eigenvalue weighted by Crippen LogP contribution is 2.30. The van der Waals surface area contributed by atoms with Crippen LogP contribution in [0.2, 0.25) is 0 Å². The number of aromatic nitrogens is 2. The third kappa shape index (κ3) is 9.01. The number of nitrogens with zero attached hydrogens (tertiary/aromatic N) is 4. The van der Waals surface area contributed by atoms with Gasteiger partial charge in [0.15, 0.2) is 6.23 Å². The molecule has 0 spiro atoms. The van der Waals surface area contributed by atoms with Gasteiger partial charge in [-0.05, 0) is 75.2 Å². The van der Waals surface area contributed by atoms with E-state index in [0.717, 1.165) is 16.1 Å². The van der Waals surface area contributed by atoms with Gasteiger partial charge >= 0.3 is 18.0 Å². The smallest absolute Gasteiger partial charge is 0.432 e. The highest BCUT2D eigenvalue weighted by atomic mass is 35.5. The molecule has 2 amide bonds. The molecular weight excluding hydrogens is 632 g/mol. The number of ether oxygens (including phenoxy) is 3. The summed E-state index contributed by atoms with van der Waals surface area (Å²) >= 11 is 6.58. The van der Waals surface area contributed by atoms with Gasteiger partial charge in [-0.15, -0.1) is 11.6 Å². The summed E-state index contributed by atoms with van der Waals surface area (Å²) in [4.78, 5) is 47.2. The molecule has 0 aliphatic carbocycles. The van der Waals surface area contributed by atoms with E-state index in [2.05, 4.69) is 20.6 Å². The van der Waals surface area contributed by atoms with Crippen molar-refractivity contribution in [3.05, 3.63) is 70.4 Å². The molecule has 1 aliphatic heterocycles. The number of esters is 1. The number of amides is 2. The number of methoxy groups -OCH3 is 1. The number of hydrazone groups is 1. The van der Waals surface area contributed by atoms with Crippen LogP contribution in [0.3, 0.4) is 0 Å². The molecule has 0 saturated carbocycles. The SMILES string of the molecule is CCOC(=O)N1N=C(c2cc(C(=O)OC)c(NC(C)=O)cc2C)C(Cl)CC1OCC.Cc1cc(N)c(C(=O)O)cc1-c1cccnn1. The van der Waals surface area contributed by atoms with E-state index in [9.17, 15) is 19.2 Å². The number of carbonyl (C=O) groups is 4. The number of carbonyl (C=O) groups excluding carboxylic acids is 3. The van der Waals surface area contributed by atoms with Gasteiger partial charge in [-0.3, -0.25) is 4.79 Å². The van der Waals surface area contributed by atoms with Crippen LogP contribution in [0, 0.1) is 13.8 Å². The molecule has 1 aliphatic rings. The van der Waals surface area contributed by atoms with Crippen LogP contribution in [-0.4, -0.2) is 81.9 Å². The minimum absolute atomic E-state index is 0.0799. The summed E-state index contributed by atoms with van der Waals surface area (Å²) < 4.78 is 15.5. The number of aromatic carboxylic acids is 1. The number of carboxylic acids is 1. The first-order chi connectivity index (χ1) is 22.3. The lowest BCUT2D eigenvalue weighted by Gasteiger charge is -2.33. The number of nitrogens with two attached hydrogens (primary N) is 1. The first-order valence-electron chi connectivity index (χ1n) is 14.5. The van der Waals surface area contributed by atoms with Crippen LogP contribution in [0.4, 0.5) is 16.2 Å². The Labute approximate surface area is 276 Å². The molecular formula is C32H37ClN6O8. The normalized spacial score (nSPS) is 15.5. The topological polar surface area (TPSA) is 196 Å². The number of hydrogen-bond donors (Lipinski definition) is 3. The molecule has 2 atom stereocenters. The van der Waals surface area contributed by atoms with Gasteiger partial charge in [0.05, 0.1) is 47.3 Å². The van der Waals surface area contributed by atoms with Crippen LogP contribution in [0.25, 0.3) is 11.3 Å². The van der Waals surface area contributed by atoms with E-state index >= 15 is 0 Å². The van der Waals surface area contributed by atoms with Gasteiger partial charge in [-0.1, -0.05) is 0 Å². The monoisotopic (exact) mass is 668 g/mol. The molecule has 2 heterocycles. The fourth-order valence-corrected chi connectivity index (χ4v) is 5.04. The first-order valence-corrected chi connectivity index (χ1v) is 15.0. The van der Waals surface area contributed by atoms with E-state index in [1.54, 1.807) is 57.3 Å². The number of nitrogen functional groups attached to an aromatic ring is 1. The molecule has 0 radical (unpaired) electrons. The molecule has 2 aromatic carbocycles. The largest absolute Gasteiger partial charge is 0.478 e. The molecule has 1 aromatic heterocycles. The van der Waals surface area contributed by atoms with E-state index in [0.29, 0.717) is 34.8 Å². The minimum atomic E-state index is -1.05. The summed E-state index contributed by atoms with van der Waals surface area (Å²) in [7, 11) is 1.25. The van der Waals surface area contributed by atoms with Gasteiger partial charge in [0, 0.05) is 43.0 Å². The predicted molar refractivity (Wildman–Crippen MR) is 175 cm³/mol. The Kier molecular flexibility index (Phi) is 12.8. The predicted octanol–water partition coefficient (Wildman–Crippen LogP) is 5.01. The van der Waals surface area contributed by atoms with Crippen molar-refractivity contribution in [3.8, 4) is 11.3 Å². The van der Waals surface area contributed by atoms with Crippen molar-refractivity contribution in [1.29, 1.82) is 0 Å². The zero-order chi connectivity index (χ0) is 34.8. The second-order valence-electron chi connectivity index (χ2n) is 10.2. The van der Waals surface area contributed by atoms with Crippen molar-refractivity contribution >= 4 is 52.6 Å². The third-order valence-electron chi connectivity index (χ3n) is 6.84. The molecule has 47 heavy (non-hydrogen) atoms. The number of aryl methyl sites for hydroxylation is 2. The van der Waals surface area contributed by atoms with Crippen molar-refractivity contribution in [3.63, 3.8) is 0 Å². The quantitative estimate of drug-likeness (QED) is 0.166. The lowest BCUT2D eigenvalue weighted by Crippen LogP contribution is -2.46. The summed E-state index contributed by atoms with van der Waals surface area (Å²) in [5, 5.41) is 24.3. The Hall–Kier alpha value is -5.08. The Bertz CT molecular complexity index is 1670. The Morgan fingerprint density at radius 3 is 2.32 bits per heavy atom. The van der Waals surface area contributed by atoms with Crippen molar-refractivity contribution in [2.24, 2.45) is 5.10 Å². The Morgan fingerprint density at radius 2 is 1.74 bits per heavy atom. The zero-order valence-corrected chi connectivity index (χ0v) is 27.6. The first kappa shape index (κ1) is 36.4. The fourth-order valence-electron chi connectivity index (χ4n) is 4.73. The van der Waals surface area contributed by atoms with Gasteiger partial charge in [0.1, 0.15) is 0 Å². The molecule has 14 nitrogen and oxygen atoms in total. The third-order valence-corrected chi connectivity index (χ3v) is 7.22. The number of hydrogen-bond acceptors (Lipinski definition) is 11. The standard InChI is InChI=1S/C20H26ClN3O6.C12H11N3O2/c1-6-29-17-10-15(21)18(23-24(17)20(27)30-7-2)13-9-14(19(26)28-5)16(8-11(13)3)22-12(4)25;1-7-5-10(13)9(12(16)17)6-8(7)11-3-2-4-14-15-11/h8-9,15,17H,6-7,10H2,1-5H3,(H,22,25);2-6H,13H2,1H3,(H,16,17). The van der Waals surface area contributed by atoms with Crippen LogP contribution >= 0.6 is 11.6 Å². The van der Waals surface area contributed by atoms with E-state index in [1.807, 2.05) is 6.92 Å². The molecule has 15 heteroatoms. The average Bonchev–Trinajstić information content (AvgIpc) is 3.02. The second kappa shape index (κ2) is 16.5. The molecule has 3 aromatic rings. The van der Waals surface area contributed by atoms with Gasteiger partial charge in [-0.2, -0.15) is 20.3 Å². The highest BCUT2D eigenvalue weighted by Gasteiger charge is 2.36. The van der Waals surface area contributed by atoms with Crippen molar-refractivity contribution < 1.29 is 38.5 Å². The molecule has 0 fully saturated rings. The van der Waals surface area contributed by atoms with Gasteiger partial charge < -0.3 is 30.4 Å². The minimum Gasteiger partial charge on any atom is -0.478 e. The average molecular weight is 669 g/mol. The Morgan fingerprint density at radius 1 is 1.06 bits per heavy atom. The number of benzene rings is 2. The van der Waals surface area contributed by atoms with Crippen LogP contribution in [-0.2, 0) is 19.0 Å². The maximum atomic E-state index is 12.4. The van der Waals surface area contributed by atoms with Crippen LogP contribution in [0.15, 0.2) is 47.7 Å². The maximum Gasteiger partial charge on any atom is 0.432 e. The number of carboxylic acid groups (broad SMARTS) is 1. The van der Waals surface area contributed by atoms with Gasteiger partial charge in [0.25, 0.3) is 0 Å². The highest BCUT2D eigenvalue weighted by molar-refractivity contribution is 6.35. The van der Waals surface area contributed by atoms with E-state index in [4.69, 9.17) is 36.7 Å². The van der Waals surface area contributed by atoms with Crippen molar-refractivity contribution in [2.45, 2.75) is 52.6 Å². The molecule has 0 saturated heterocycles. The zero-order valence-electron chi connectivity index (χ0n) is 26.9. The number of anilines is 2. The number of halogens is 1. The molecule has 2 unspecified atom stereocenters. The second-order valence-corrected chi connectivity index (χ2v) is 10.7. The van der Waals surface area contributed by atoms with Crippen LogP contribution in [0.5, 0.6) is 0 Å². The lowest BCUT2D eigenvalue weighted by atomic mass is 9.95. The molecule has 0 bridgehead atoms. The van der Waals surface area contributed by atoms with E-state index in [-0.39, 0.29) is 35.7 Å². The van der Waals surface area contributed by atoms with E-state index in [1.165, 1.54) is 20.1 Å². The number of nitrogens with one attached hydrogen (secondary N) is 1. The molecule has 250 valence electrons. The van der Waals surface area contributed by atoms with Crippen molar-refractivity contribution in [2.75, 3.05) is 31.4 Å². The maximum absolute atomic E-state index is 12.4. The van der Waals surface area contributed by atoms with Crippen molar-refractivity contribution in [1.82, 2.24) is 15.2 Å². The van der Waals surface area contributed by atoms with Gasteiger partial charge in [-0.25, -0.2) is 14.4 Å². The Balaban J connectivity index is 0.000000297. The number of rotatable bonds is 8. The number of alkyl halides is 1. The van der Waals surface area contributed by atoms with Crippen LogP contribution in [0.1, 0.15) is 64.6 Å². The molecule has 4 N–H and O–H groups in total. The van der Waals surface area contributed by atoms with Gasteiger partial charge in [0.2, 0.25) is 5.91 Å². The summed E-state index contributed by atoms with van der Waals surface area (Å²) in [6.45, 7) is 9.03. The fraction of sp³-hybridized carbons (Fsp3) is 0.344.